The van der Waals surface area contributed by atoms with Crippen LogP contribution < -0.4 is 5.32 Å². The van der Waals surface area contributed by atoms with Crippen LogP contribution in [0.1, 0.15) is 30.1 Å². The Labute approximate surface area is 109 Å². The Morgan fingerprint density at radius 3 is 2.26 bits per heavy atom. The first kappa shape index (κ1) is 14.1. The predicted octanol–water partition coefficient (Wildman–Crippen LogP) is 3.05. The number of alkyl halides is 3. The molecule has 0 saturated heterocycles. The van der Waals surface area contributed by atoms with E-state index in [-0.39, 0.29) is 0 Å². The van der Waals surface area contributed by atoms with Gasteiger partial charge in [0.25, 0.3) is 0 Å². The topological polar surface area (TPSA) is 32.3 Å². The van der Waals surface area contributed by atoms with Gasteiger partial charge in [0.05, 0.1) is 11.7 Å². The molecule has 19 heavy (non-hydrogen) atoms. The SMILES string of the molecule is OC(CNC1CC=CC1)c1ccc(C(F)(F)F)cc1. The smallest absolute Gasteiger partial charge is 0.387 e. The largest absolute Gasteiger partial charge is 0.416 e. The zero-order valence-corrected chi connectivity index (χ0v) is 10.3. The number of hydrogen-bond donors (Lipinski definition) is 2. The number of aliphatic hydroxyl groups excluding tert-OH is 1. The first-order chi connectivity index (χ1) is 8.97. The van der Waals surface area contributed by atoms with Gasteiger partial charge in [-0.05, 0) is 30.5 Å². The molecule has 5 heteroatoms. The van der Waals surface area contributed by atoms with E-state index >= 15 is 0 Å². The maximum absolute atomic E-state index is 12.4. The molecule has 104 valence electrons. The molecule has 0 amide bonds. The molecule has 0 aromatic heterocycles. The van der Waals surface area contributed by atoms with Gasteiger partial charge >= 0.3 is 6.18 Å². The second-order valence-corrected chi connectivity index (χ2v) is 4.68. The van der Waals surface area contributed by atoms with E-state index in [2.05, 4.69) is 17.5 Å². The molecule has 1 atom stereocenters. The number of hydrogen-bond acceptors (Lipinski definition) is 2. The van der Waals surface area contributed by atoms with Crippen molar-refractivity contribution in [2.75, 3.05) is 6.54 Å². The van der Waals surface area contributed by atoms with Crippen LogP contribution in [-0.4, -0.2) is 17.7 Å². The fourth-order valence-electron chi connectivity index (χ4n) is 2.07. The lowest BCUT2D eigenvalue weighted by Gasteiger charge is -2.17. The molecular formula is C14H16F3NO. The second kappa shape index (κ2) is 5.75. The Morgan fingerprint density at radius 2 is 1.74 bits per heavy atom. The van der Waals surface area contributed by atoms with Gasteiger partial charge in [0, 0.05) is 12.6 Å². The molecular weight excluding hydrogens is 255 g/mol. The zero-order chi connectivity index (χ0) is 13.9. The maximum Gasteiger partial charge on any atom is 0.416 e. The highest BCUT2D eigenvalue weighted by atomic mass is 19.4. The molecule has 0 aliphatic heterocycles. The summed E-state index contributed by atoms with van der Waals surface area (Å²) in [5.74, 6) is 0. The van der Waals surface area contributed by atoms with Gasteiger partial charge in [0.2, 0.25) is 0 Å². The van der Waals surface area contributed by atoms with Crippen molar-refractivity contribution in [3.8, 4) is 0 Å². The summed E-state index contributed by atoms with van der Waals surface area (Å²) < 4.78 is 37.2. The summed E-state index contributed by atoms with van der Waals surface area (Å²) in [6.07, 6.45) is 0.879. The molecule has 2 N–H and O–H groups in total. The predicted molar refractivity (Wildman–Crippen MR) is 66.6 cm³/mol. The van der Waals surface area contributed by atoms with E-state index in [9.17, 15) is 18.3 Å². The molecule has 0 spiro atoms. The summed E-state index contributed by atoms with van der Waals surface area (Å²) >= 11 is 0. The van der Waals surface area contributed by atoms with Crippen molar-refractivity contribution in [3.05, 3.63) is 47.5 Å². The number of benzene rings is 1. The Hall–Kier alpha value is -1.33. The van der Waals surface area contributed by atoms with E-state index in [0.717, 1.165) is 25.0 Å². The molecule has 0 fully saturated rings. The molecule has 2 nitrogen and oxygen atoms in total. The minimum absolute atomic E-state index is 0.323. The minimum atomic E-state index is -4.34. The van der Waals surface area contributed by atoms with Crippen molar-refractivity contribution < 1.29 is 18.3 Å². The average Bonchev–Trinajstić information content (AvgIpc) is 2.88. The van der Waals surface area contributed by atoms with E-state index < -0.39 is 17.8 Å². The first-order valence-electron chi connectivity index (χ1n) is 6.20. The molecule has 0 bridgehead atoms. The summed E-state index contributed by atoms with van der Waals surface area (Å²) in [7, 11) is 0. The van der Waals surface area contributed by atoms with Gasteiger partial charge < -0.3 is 10.4 Å². The summed E-state index contributed by atoms with van der Waals surface area (Å²) in [5.41, 5.74) is -0.206. The van der Waals surface area contributed by atoms with Gasteiger partial charge in [-0.2, -0.15) is 13.2 Å². The zero-order valence-electron chi connectivity index (χ0n) is 10.3. The van der Waals surface area contributed by atoms with Crippen molar-refractivity contribution in [3.63, 3.8) is 0 Å². The first-order valence-corrected chi connectivity index (χ1v) is 6.20. The van der Waals surface area contributed by atoms with Crippen molar-refractivity contribution >= 4 is 0 Å². The molecule has 1 aliphatic carbocycles. The van der Waals surface area contributed by atoms with E-state index in [1.165, 1.54) is 12.1 Å². The fourth-order valence-corrected chi connectivity index (χ4v) is 2.07. The van der Waals surface area contributed by atoms with Crippen LogP contribution in [0.3, 0.4) is 0 Å². The Morgan fingerprint density at radius 1 is 1.16 bits per heavy atom. The van der Waals surface area contributed by atoms with Crippen molar-refractivity contribution in [1.29, 1.82) is 0 Å². The van der Waals surface area contributed by atoms with Gasteiger partial charge in [-0.1, -0.05) is 24.3 Å². The lowest BCUT2D eigenvalue weighted by Crippen LogP contribution is -2.30. The molecule has 0 saturated carbocycles. The second-order valence-electron chi connectivity index (χ2n) is 4.68. The third-order valence-electron chi connectivity index (χ3n) is 3.23. The van der Waals surface area contributed by atoms with Gasteiger partial charge in [0.15, 0.2) is 0 Å². The normalized spacial score (nSPS) is 17.9. The number of nitrogens with one attached hydrogen (secondary N) is 1. The van der Waals surface area contributed by atoms with Crippen LogP contribution in [-0.2, 0) is 6.18 Å². The minimum Gasteiger partial charge on any atom is -0.387 e. The van der Waals surface area contributed by atoms with Crippen LogP contribution in [0.5, 0.6) is 0 Å². The molecule has 2 rings (SSSR count). The lowest BCUT2D eigenvalue weighted by atomic mass is 10.1. The molecule has 1 aromatic rings. The summed E-state index contributed by atoms with van der Waals surface area (Å²) in [6, 6.07) is 4.96. The van der Waals surface area contributed by atoms with Crippen LogP contribution in [0.2, 0.25) is 0 Å². The quantitative estimate of drug-likeness (QED) is 0.825. The van der Waals surface area contributed by atoms with Crippen LogP contribution in [0.4, 0.5) is 13.2 Å². The third kappa shape index (κ3) is 3.81. The molecule has 0 heterocycles. The Kier molecular flexibility index (Phi) is 4.27. The fraction of sp³-hybridized carbons (Fsp3) is 0.429. The van der Waals surface area contributed by atoms with E-state index in [1.54, 1.807) is 0 Å². The number of halogens is 3. The highest BCUT2D eigenvalue weighted by Gasteiger charge is 2.30. The number of aliphatic hydroxyl groups is 1. The van der Waals surface area contributed by atoms with Crippen molar-refractivity contribution in [1.82, 2.24) is 5.32 Å². The van der Waals surface area contributed by atoms with Crippen LogP contribution >= 0.6 is 0 Å². The van der Waals surface area contributed by atoms with E-state index in [4.69, 9.17) is 0 Å². The van der Waals surface area contributed by atoms with Crippen LogP contribution in [0, 0.1) is 0 Å². The van der Waals surface area contributed by atoms with Gasteiger partial charge in [-0.3, -0.25) is 0 Å². The maximum atomic E-state index is 12.4. The van der Waals surface area contributed by atoms with Crippen molar-refractivity contribution in [2.24, 2.45) is 0 Å². The van der Waals surface area contributed by atoms with Crippen molar-refractivity contribution in [2.45, 2.75) is 31.2 Å². The molecule has 1 unspecified atom stereocenters. The summed E-state index contributed by atoms with van der Waals surface area (Å²) in [5, 5.41) is 13.1. The molecule has 1 aliphatic rings. The van der Waals surface area contributed by atoms with Gasteiger partial charge in [-0.15, -0.1) is 0 Å². The van der Waals surface area contributed by atoms with E-state index in [1.807, 2.05) is 0 Å². The van der Waals surface area contributed by atoms with Gasteiger partial charge in [-0.25, -0.2) is 0 Å². The number of rotatable bonds is 4. The van der Waals surface area contributed by atoms with Crippen LogP contribution in [0.15, 0.2) is 36.4 Å². The molecule has 1 aromatic carbocycles. The van der Waals surface area contributed by atoms with Crippen LogP contribution in [0.25, 0.3) is 0 Å². The summed E-state index contributed by atoms with van der Waals surface area (Å²) in [6.45, 7) is 0.345. The Bertz CT molecular complexity index is 431. The highest BCUT2D eigenvalue weighted by Crippen LogP contribution is 2.29. The standard InChI is InChI=1S/C14H16F3NO/c15-14(16,17)11-7-5-10(6-8-11)13(19)9-18-12-3-1-2-4-12/h1-2,5-8,12-13,18-19H,3-4,9H2. The summed E-state index contributed by atoms with van der Waals surface area (Å²) in [4.78, 5) is 0. The average molecular weight is 271 g/mol. The lowest BCUT2D eigenvalue weighted by molar-refractivity contribution is -0.137. The third-order valence-corrected chi connectivity index (χ3v) is 3.23. The Balaban J connectivity index is 1.90. The molecule has 0 radical (unpaired) electrons. The monoisotopic (exact) mass is 271 g/mol. The van der Waals surface area contributed by atoms with E-state index in [0.29, 0.717) is 18.2 Å². The van der Waals surface area contributed by atoms with Gasteiger partial charge in [0.1, 0.15) is 0 Å². The highest BCUT2D eigenvalue weighted by molar-refractivity contribution is 5.26.